The van der Waals surface area contributed by atoms with Crippen molar-refractivity contribution in [1.29, 1.82) is 0 Å². The summed E-state index contributed by atoms with van der Waals surface area (Å²) in [6.07, 6.45) is 3.36. The van der Waals surface area contributed by atoms with E-state index in [4.69, 9.17) is 9.47 Å². The summed E-state index contributed by atoms with van der Waals surface area (Å²) in [6.45, 7) is 8.72. The number of nitrogens with one attached hydrogen (secondary N) is 1. The van der Waals surface area contributed by atoms with Crippen LogP contribution in [-0.4, -0.2) is 33.0 Å². The van der Waals surface area contributed by atoms with E-state index in [1.54, 1.807) is 0 Å². The summed E-state index contributed by atoms with van der Waals surface area (Å²) in [7, 11) is 0. The molecule has 0 bridgehead atoms. The van der Waals surface area contributed by atoms with Crippen molar-refractivity contribution in [2.24, 2.45) is 5.92 Å². The summed E-state index contributed by atoms with van der Waals surface area (Å²) in [6, 6.07) is 9.20. The van der Waals surface area contributed by atoms with Gasteiger partial charge in [-0.05, 0) is 36.9 Å². The molecule has 1 fully saturated rings. The Balaban J connectivity index is 1.85. The lowest BCUT2D eigenvalue weighted by Gasteiger charge is -2.20. The van der Waals surface area contributed by atoms with Crippen LogP contribution in [0.1, 0.15) is 43.9 Å². The average molecular weight is 291 g/mol. The largest absolute Gasteiger partial charge is 0.381 e. The Morgan fingerprint density at radius 2 is 2.10 bits per heavy atom. The summed E-state index contributed by atoms with van der Waals surface area (Å²) in [5, 5.41) is 3.59. The van der Waals surface area contributed by atoms with Crippen LogP contribution >= 0.6 is 0 Å². The second kappa shape index (κ2) is 9.19. The van der Waals surface area contributed by atoms with Crippen LogP contribution < -0.4 is 5.32 Å². The topological polar surface area (TPSA) is 30.5 Å². The fourth-order valence-corrected chi connectivity index (χ4v) is 2.64. The van der Waals surface area contributed by atoms with E-state index in [0.717, 1.165) is 52.2 Å². The Morgan fingerprint density at radius 3 is 2.71 bits per heavy atom. The van der Waals surface area contributed by atoms with Gasteiger partial charge in [0.1, 0.15) is 0 Å². The van der Waals surface area contributed by atoms with Crippen molar-refractivity contribution in [3.63, 3.8) is 0 Å². The first-order chi connectivity index (χ1) is 10.3. The highest BCUT2D eigenvalue weighted by Crippen LogP contribution is 2.17. The van der Waals surface area contributed by atoms with Crippen LogP contribution in [0.4, 0.5) is 0 Å². The van der Waals surface area contributed by atoms with Gasteiger partial charge >= 0.3 is 0 Å². The maximum atomic E-state index is 5.95. The number of benzene rings is 1. The maximum Gasteiger partial charge on any atom is 0.0661 e. The smallest absolute Gasteiger partial charge is 0.0661 e. The quantitative estimate of drug-likeness (QED) is 0.757. The number of hydrogen-bond donors (Lipinski definition) is 1. The van der Waals surface area contributed by atoms with Crippen LogP contribution in [0, 0.1) is 5.92 Å². The molecule has 118 valence electrons. The van der Waals surface area contributed by atoms with Crippen LogP contribution in [-0.2, 0) is 15.9 Å². The van der Waals surface area contributed by atoms with Gasteiger partial charge in [0.05, 0.1) is 25.9 Å². The third-order valence-electron chi connectivity index (χ3n) is 4.09. The number of hydrogen-bond acceptors (Lipinski definition) is 3. The Labute approximate surface area is 129 Å². The highest BCUT2D eigenvalue weighted by atomic mass is 16.5. The van der Waals surface area contributed by atoms with Crippen molar-refractivity contribution in [1.82, 2.24) is 5.32 Å². The molecule has 1 aromatic carbocycles. The lowest BCUT2D eigenvalue weighted by Crippen LogP contribution is -2.27. The molecule has 1 aliphatic heterocycles. The van der Waals surface area contributed by atoms with E-state index in [1.807, 2.05) is 0 Å². The number of aryl methyl sites for hydroxylation is 1. The summed E-state index contributed by atoms with van der Waals surface area (Å²) in [4.78, 5) is 0. The zero-order valence-electron chi connectivity index (χ0n) is 13.4. The summed E-state index contributed by atoms with van der Waals surface area (Å²) in [5.41, 5.74) is 2.71. The van der Waals surface area contributed by atoms with Crippen LogP contribution in [0.15, 0.2) is 24.3 Å². The van der Waals surface area contributed by atoms with Crippen molar-refractivity contribution in [2.45, 2.75) is 39.2 Å². The molecule has 1 saturated heterocycles. The first kappa shape index (κ1) is 16.5. The fraction of sp³-hybridized carbons (Fsp3) is 0.667. The SMILES string of the molecule is CCCNC(COCC1CCOC1)c1ccc(CC)cc1. The van der Waals surface area contributed by atoms with Gasteiger partial charge in [-0.2, -0.15) is 0 Å². The monoisotopic (exact) mass is 291 g/mol. The van der Waals surface area contributed by atoms with Crippen molar-refractivity contribution >= 4 is 0 Å². The van der Waals surface area contributed by atoms with Crippen molar-refractivity contribution in [2.75, 3.05) is 33.0 Å². The molecule has 1 aromatic rings. The third-order valence-corrected chi connectivity index (χ3v) is 4.09. The molecular weight excluding hydrogens is 262 g/mol. The molecule has 2 unspecified atom stereocenters. The van der Waals surface area contributed by atoms with Crippen LogP contribution in [0.5, 0.6) is 0 Å². The molecule has 1 heterocycles. The molecule has 0 aliphatic carbocycles. The number of rotatable bonds is 9. The predicted octanol–water partition coefficient (Wildman–Crippen LogP) is 3.34. The summed E-state index contributed by atoms with van der Waals surface area (Å²) < 4.78 is 11.3. The molecular formula is C18H29NO2. The van der Waals surface area contributed by atoms with Crippen LogP contribution in [0.2, 0.25) is 0 Å². The summed E-state index contributed by atoms with van der Waals surface area (Å²) >= 11 is 0. The first-order valence-corrected chi connectivity index (χ1v) is 8.31. The lowest BCUT2D eigenvalue weighted by atomic mass is 10.0. The molecule has 3 nitrogen and oxygen atoms in total. The maximum absolute atomic E-state index is 5.95. The second-order valence-electron chi connectivity index (χ2n) is 5.87. The molecule has 0 spiro atoms. The molecule has 0 aromatic heterocycles. The van der Waals surface area contributed by atoms with Gasteiger partial charge in [-0.15, -0.1) is 0 Å². The third kappa shape index (κ3) is 5.42. The van der Waals surface area contributed by atoms with Gasteiger partial charge in [0.25, 0.3) is 0 Å². The van der Waals surface area contributed by atoms with Crippen molar-refractivity contribution in [3.8, 4) is 0 Å². The standard InChI is InChI=1S/C18H29NO2/c1-3-10-19-18(14-21-13-16-9-11-20-12-16)17-7-5-15(4-2)6-8-17/h5-8,16,18-19H,3-4,9-14H2,1-2H3. The first-order valence-electron chi connectivity index (χ1n) is 8.31. The normalized spacial score (nSPS) is 19.8. The molecule has 1 N–H and O–H groups in total. The fourth-order valence-electron chi connectivity index (χ4n) is 2.64. The Kier molecular flexibility index (Phi) is 7.20. The lowest BCUT2D eigenvalue weighted by molar-refractivity contribution is 0.0744. The zero-order valence-corrected chi connectivity index (χ0v) is 13.4. The van der Waals surface area contributed by atoms with E-state index in [0.29, 0.717) is 5.92 Å². The minimum atomic E-state index is 0.290. The molecule has 21 heavy (non-hydrogen) atoms. The highest BCUT2D eigenvalue weighted by molar-refractivity contribution is 5.25. The van der Waals surface area contributed by atoms with Crippen LogP contribution in [0.25, 0.3) is 0 Å². The van der Waals surface area contributed by atoms with Gasteiger partial charge in [-0.25, -0.2) is 0 Å². The molecule has 0 radical (unpaired) electrons. The van der Waals surface area contributed by atoms with Gasteiger partial charge in [-0.3, -0.25) is 0 Å². The molecule has 0 saturated carbocycles. The van der Waals surface area contributed by atoms with Crippen molar-refractivity contribution in [3.05, 3.63) is 35.4 Å². The van der Waals surface area contributed by atoms with Gasteiger partial charge in [0.15, 0.2) is 0 Å². The van der Waals surface area contributed by atoms with E-state index in [2.05, 4.69) is 43.4 Å². The molecule has 1 aliphatic rings. The Bertz CT molecular complexity index is 385. The van der Waals surface area contributed by atoms with E-state index in [1.165, 1.54) is 11.1 Å². The minimum Gasteiger partial charge on any atom is -0.381 e. The minimum absolute atomic E-state index is 0.290. The zero-order chi connectivity index (χ0) is 14.9. The van der Waals surface area contributed by atoms with E-state index < -0.39 is 0 Å². The molecule has 2 atom stereocenters. The Hall–Kier alpha value is -0.900. The van der Waals surface area contributed by atoms with Crippen LogP contribution in [0.3, 0.4) is 0 Å². The molecule has 2 rings (SSSR count). The average Bonchev–Trinajstić information content (AvgIpc) is 3.04. The second-order valence-corrected chi connectivity index (χ2v) is 5.87. The number of ether oxygens (including phenoxy) is 2. The van der Waals surface area contributed by atoms with Gasteiger partial charge < -0.3 is 14.8 Å². The van der Waals surface area contributed by atoms with E-state index in [-0.39, 0.29) is 6.04 Å². The van der Waals surface area contributed by atoms with Gasteiger partial charge in [0.2, 0.25) is 0 Å². The highest BCUT2D eigenvalue weighted by Gasteiger charge is 2.17. The molecule has 3 heteroatoms. The predicted molar refractivity (Wildman–Crippen MR) is 86.6 cm³/mol. The molecule has 0 amide bonds. The Morgan fingerprint density at radius 1 is 1.29 bits per heavy atom. The summed E-state index contributed by atoms with van der Waals surface area (Å²) in [5.74, 6) is 0.583. The van der Waals surface area contributed by atoms with Gasteiger partial charge in [0, 0.05) is 12.5 Å². The van der Waals surface area contributed by atoms with Crippen molar-refractivity contribution < 1.29 is 9.47 Å². The van der Waals surface area contributed by atoms with E-state index in [9.17, 15) is 0 Å². The van der Waals surface area contributed by atoms with Gasteiger partial charge in [-0.1, -0.05) is 38.1 Å². The van der Waals surface area contributed by atoms with E-state index >= 15 is 0 Å².